The Labute approximate surface area is 124 Å². The second kappa shape index (κ2) is 7.13. The lowest BCUT2D eigenvalue weighted by atomic mass is 10.2. The van der Waals surface area contributed by atoms with Crippen molar-refractivity contribution in [2.24, 2.45) is 5.73 Å². The van der Waals surface area contributed by atoms with Crippen molar-refractivity contribution >= 4 is 13.7 Å². The van der Waals surface area contributed by atoms with Gasteiger partial charge in [0.25, 0.3) is 0 Å². The number of nitrogens with two attached hydrogens (primary N) is 1. The standard InChI is InChI=1S/C12H15F3NO5P/c1-3-19-22(18,20-4-2)12(14,15)8-5-6-9(13)10(7-8)21-11(16)17/h5-7H,3-4H2,1-2H3,(H2,16,17). The van der Waals surface area contributed by atoms with Gasteiger partial charge in [0.2, 0.25) is 0 Å². The molecule has 1 rings (SSSR count). The highest BCUT2D eigenvalue weighted by Crippen LogP contribution is 2.66. The molecule has 0 aliphatic heterocycles. The van der Waals surface area contributed by atoms with Gasteiger partial charge in [-0.15, -0.1) is 0 Å². The highest BCUT2D eigenvalue weighted by Gasteiger charge is 2.55. The van der Waals surface area contributed by atoms with Gasteiger partial charge in [-0.3, -0.25) is 4.57 Å². The van der Waals surface area contributed by atoms with E-state index in [1.54, 1.807) is 0 Å². The number of halogens is 3. The average Bonchev–Trinajstić information content (AvgIpc) is 2.41. The first-order valence-electron chi connectivity index (χ1n) is 6.22. The first-order valence-corrected chi connectivity index (χ1v) is 7.76. The van der Waals surface area contributed by atoms with E-state index in [4.69, 9.17) is 5.73 Å². The van der Waals surface area contributed by atoms with E-state index >= 15 is 0 Å². The zero-order chi connectivity index (χ0) is 17.0. The van der Waals surface area contributed by atoms with Crippen LogP contribution in [0.5, 0.6) is 5.75 Å². The second-order valence-corrected chi connectivity index (χ2v) is 6.01. The smallest absolute Gasteiger partial charge is 0.407 e. The summed E-state index contributed by atoms with van der Waals surface area (Å²) in [4.78, 5) is 10.6. The lowest BCUT2D eigenvalue weighted by Crippen LogP contribution is -2.20. The molecule has 10 heteroatoms. The number of carbonyl (C=O) groups is 1. The third kappa shape index (κ3) is 3.79. The molecule has 0 fully saturated rings. The molecule has 0 aliphatic rings. The van der Waals surface area contributed by atoms with Gasteiger partial charge >= 0.3 is 19.4 Å². The van der Waals surface area contributed by atoms with Crippen molar-refractivity contribution in [3.63, 3.8) is 0 Å². The summed E-state index contributed by atoms with van der Waals surface area (Å²) in [6, 6.07) is 1.84. The van der Waals surface area contributed by atoms with Crippen molar-refractivity contribution in [2.75, 3.05) is 13.2 Å². The normalized spacial score (nSPS) is 12.2. The summed E-state index contributed by atoms with van der Waals surface area (Å²) in [6.45, 7) is 2.18. The quantitative estimate of drug-likeness (QED) is 0.766. The van der Waals surface area contributed by atoms with Gasteiger partial charge in [0.05, 0.1) is 13.2 Å². The molecule has 0 radical (unpaired) electrons. The average molecular weight is 341 g/mol. The van der Waals surface area contributed by atoms with Crippen LogP contribution in [0.25, 0.3) is 0 Å². The van der Waals surface area contributed by atoms with Crippen molar-refractivity contribution in [1.82, 2.24) is 0 Å². The van der Waals surface area contributed by atoms with Crippen molar-refractivity contribution < 1.29 is 36.3 Å². The zero-order valence-electron chi connectivity index (χ0n) is 11.8. The largest absolute Gasteiger partial charge is 0.410 e. The van der Waals surface area contributed by atoms with E-state index in [9.17, 15) is 22.5 Å². The third-order valence-corrected chi connectivity index (χ3v) is 4.57. The highest BCUT2D eigenvalue weighted by atomic mass is 31.2. The number of amides is 1. The predicted molar refractivity (Wildman–Crippen MR) is 71.4 cm³/mol. The summed E-state index contributed by atoms with van der Waals surface area (Å²) >= 11 is 0. The number of alkyl halides is 2. The lowest BCUT2D eigenvalue weighted by Gasteiger charge is -2.26. The molecule has 0 aliphatic carbocycles. The van der Waals surface area contributed by atoms with Gasteiger partial charge in [0.1, 0.15) is 0 Å². The Kier molecular flexibility index (Phi) is 5.99. The molecule has 0 unspecified atom stereocenters. The lowest BCUT2D eigenvalue weighted by molar-refractivity contribution is 0.0358. The van der Waals surface area contributed by atoms with E-state index in [-0.39, 0.29) is 13.2 Å². The topological polar surface area (TPSA) is 87.8 Å². The maximum atomic E-state index is 14.4. The molecule has 1 aromatic rings. The van der Waals surface area contributed by atoms with Crippen LogP contribution in [-0.4, -0.2) is 19.3 Å². The van der Waals surface area contributed by atoms with Crippen LogP contribution in [0.1, 0.15) is 19.4 Å². The molecule has 1 amide bonds. The summed E-state index contributed by atoms with van der Waals surface area (Å²) in [5.74, 6) is -1.90. The van der Waals surface area contributed by atoms with Crippen LogP contribution < -0.4 is 10.5 Å². The Bertz CT molecular complexity index is 586. The maximum absolute atomic E-state index is 14.4. The Morgan fingerprint density at radius 1 is 1.27 bits per heavy atom. The summed E-state index contributed by atoms with van der Waals surface area (Å²) in [6.07, 6.45) is -1.38. The molecular formula is C12H15F3NO5P. The molecule has 124 valence electrons. The van der Waals surface area contributed by atoms with Crippen LogP contribution in [0.2, 0.25) is 0 Å². The van der Waals surface area contributed by atoms with Crippen molar-refractivity contribution in [3.8, 4) is 5.75 Å². The summed E-state index contributed by atoms with van der Waals surface area (Å²) in [5, 5.41) is 0. The van der Waals surface area contributed by atoms with E-state index in [0.29, 0.717) is 18.2 Å². The van der Waals surface area contributed by atoms with Crippen LogP contribution in [-0.2, 0) is 19.3 Å². The fourth-order valence-electron chi connectivity index (χ4n) is 1.57. The van der Waals surface area contributed by atoms with E-state index in [0.717, 1.165) is 0 Å². The minimum absolute atomic E-state index is 0.279. The number of primary amides is 1. The molecule has 0 aromatic heterocycles. The molecule has 0 atom stereocenters. The third-order valence-electron chi connectivity index (χ3n) is 2.43. The highest BCUT2D eigenvalue weighted by molar-refractivity contribution is 7.54. The van der Waals surface area contributed by atoms with Crippen LogP contribution in [0.3, 0.4) is 0 Å². The Morgan fingerprint density at radius 2 is 1.82 bits per heavy atom. The molecule has 0 saturated carbocycles. The molecule has 0 heterocycles. The second-order valence-electron chi connectivity index (χ2n) is 3.94. The van der Waals surface area contributed by atoms with Crippen LogP contribution in [0.15, 0.2) is 18.2 Å². The minimum Gasteiger partial charge on any atom is -0.407 e. The minimum atomic E-state index is -4.84. The van der Waals surface area contributed by atoms with E-state index in [2.05, 4.69) is 13.8 Å². The van der Waals surface area contributed by atoms with Gasteiger partial charge in [-0.05, 0) is 32.0 Å². The van der Waals surface area contributed by atoms with Crippen LogP contribution >= 0.6 is 7.60 Å². The summed E-state index contributed by atoms with van der Waals surface area (Å²) in [7, 11) is -4.84. The Morgan fingerprint density at radius 3 is 2.27 bits per heavy atom. The van der Waals surface area contributed by atoms with Crippen LogP contribution in [0.4, 0.5) is 18.0 Å². The van der Waals surface area contributed by atoms with E-state index in [1.807, 2.05) is 0 Å². The maximum Gasteiger partial charge on any atom is 0.410 e. The summed E-state index contributed by atoms with van der Waals surface area (Å²) in [5.41, 5.74) is -0.246. The monoisotopic (exact) mass is 341 g/mol. The number of hydrogen-bond acceptors (Lipinski definition) is 5. The zero-order valence-corrected chi connectivity index (χ0v) is 12.7. The molecule has 2 N–H and O–H groups in total. The van der Waals surface area contributed by atoms with Crippen LogP contribution in [0, 0.1) is 5.82 Å². The fraction of sp³-hybridized carbons (Fsp3) is 0.417. The molecule has 1 aromatic carbocycles. The van der Waals surface area contributed by atoms with E-state index < -0.39 is 36.5 Å². The first kappa shape index (κ1) is 18.5. The Balaban J connectivity index is 3.31. The fourth-order valence-corrected chi connectivity index (χ4v) is 3.11. The van der Waals surface area contributed by atoms with E-state index in [1.165, 1.54) is 13.8 Å². The number of carbonyl (C=O) groups excluding carboxylic acids is 1. The van der Waals surface area contributed by atoms with Gasteiger partial charge in [0.15, 0.2) is 11.6 Å². The van der Waals surface area contributed by atoms with Gasteiger partial charge in [-0.2, -0.15) is 8.78 Å². The number of hydrogen-bond donors (Lipinski definition) is 1. The SMILES string of the molecule is CCOP(=O)(OCC)C(F)(F)c1ccc(F)c(OC(N)=O)c1. The summed E-state index contributed by atoms with van der Waals surface area (Å²) < 4.78 is 67.9. The molecule has 0 spiro atoms. The van der Waals surface area contributed by atoms with Gasteiger partial charge in [0, 0.05) is 5.56 Å². The van der Waals surface area contributed by atoms with Crippen molar-refractivity contribution in [1.29, 1.82) is 0 Å². The predicted octanol–water partition coefficient (Wildman–Crippen LogP) is 3.60. The van der Waals surface area contributed by atoms with Crippen molar-refractivity contribution in [3.05, 3.63) is 29.6 Å². The van der Waals surface area contributed by atoms with Crippen molar-refractivity contribution in [2.45, 2.75) is 19.5 Å². The van der Waals surface area contributed by atoms with Gasteiger partial charge in [-0.25, -0.2) is 9.18 Å². The number of benzene rings is 1. The molecule has 0 bridgehead atoms. The number of ether oxygens (including phenoxy) is 1. The molecule has 6 nitrogen and oxygen atoms in total. The Hall–Kier alpha value is -1.57. The van der Waals surface area contributed by atoms with Gasteiger partial charge in [-0.1, -0.05) is 0 Å². The van der Waals surface area contributed by atoms with Gasteiger partial charge < -0.3 is 19.5 Å². The number of rotatable bonds is 7. The molecule has 0 saturated heterocycles. The molecular weight excluding hydrogens is 326 g/mol. The first-order chi connectivity index (χ1) is 10.2. The molecule has 22 heavy (non-hydrogen) atoms.